The van der Waals surface area contributed by atoms with Gasteiger partial charge in [0.15, 0.2) is 0 Å². The molecule has 6 nitrogen and oxygen atoms in total. The van der Waals surface area contributed by atoms with E-state index >= 15 is 0 Å². The summed E-state index contributed by atoms with van der Waals surface area (Å²) in [6.07, 6.45) is 0.859. The van der Waals surface area contributed by atoms with Crippen LogP contribution < -0.4 is 0 Å². The van der Waals surface area contributed by atoms with Gasteiger partial charge in [-0.15, -0.1) is 11.3 Å². The van der Waals surface area contributed by atoms with Gasteiger partial charge in [0, 0.05) is 24.5 Å². The fraction of sp³-hybridized carbons (Fsp3) is 0.533. The van der Waals surface area contributed by atoms with Gasteiger partial charge in [-0.1, -0.05) is 5.16 Å². The maximum atomic E-state index is 12.9. The second-order valence-electron chi connectivity index (χ2n) is 5.88. The highest BCUT2D eigenvalue weighted by atomic mass is 32.2. The van der Waals surface area contributed by atoms with E-state index in [1.807, 2.05) is 27.0 Å². The van der Waals surface area contributed by atoms with E-state index in [2.05, 4.69) is 10.1 Å². The molecule has 1 saturated heterocycles. The third kappa shape index (κ3) is 3.21. The van der Waals surface area contributed by atoms with Crippen molar-refractivity contribution in [1.29, 1.82) is 0 Å². The van der Waals surface area contributed by atoms with Crippen molar-refractivity contribution in [3.05, 3.63) is 23.6 Å². The lowest BCUT2D eigenvalue weighted by Gasteiger charge is -2.19. The highest BCUT2D eigenvalue weighted by molar-refractivity contribution is 7.91. The Balaban J connectivity index is 1.90. The number of aryl methyl sites for hydroxylation is 2. The Labute approximate surface area is 140 Å². The van der Waals surface area contributed by atoms with E-state index in [-0.39, 0.29) is 0 Å². The van der Waals surface area contributed by atoms with Crippen molar-refractivity contribution in [3.8, 4) is 10.4 Å². The quantitative estimate of drug-likeness (QED) is 0.845. The summed E-state index contributed by atoms with van der Waals surface area (Å²) < 4.78 is 32.9. The van der Waals surface area contributed by atoms with Crippen LogP contribution in [-0.4, -0.2) is 56.0 Å². The first-order chi connectivity index (χ1) is 10.9. The van der Waals surface area contributed by atoms with Crippen LogP contribution in [0.2, 0.25) is 0 Å². The van der Waals surface area contributed by atoms with Gasteiger partial charge < -0.3 is 9.42 Å². The molecule has 2 aromatic rings. The average molecular weight is 355 g/mol. The van der Waals surface area contributed by atoms with Crippen LogP contribution >= 0.6 is 11.3 Å². The van der Waals surface area contributed by atoms with Crippen LogP contribution in [0.5, 0.6) is 0 Å². The summed E-state index contributed by atoms with van der Waals surface area (Å²) in [5.74, 6) is 0.713. The smallest absolute Gasteiger partial charge is 0.252 e. The third-order valence-electron chi connectivity index (χ3n) is 4.13. The van der Waals surface area contributed by atoms with Crippen molar-refractivity contribution >= 4 is 21.4 Å². The molecule has 0 aromatic carbocycles. The zero-order valence-electron chi connectivity index (χ0n) is 13.6. The number of nitrogens with zero attached hydrogens (tertiary/aromatic N) is 3. The minimum atomic E-state index is -3.43. The zero-order valence-corrected chi connectivity index (χ0v) is 15.2. The molecule has 126 valence electrons. The first-order valence-corrected chi connectivity index (χ1v) is 9.87. The normalized spacial score (nSPS) is 18.2. The van der Waals surface area contributed by atoms with E-state index in [4.69, 9.17) is 4.52 Å². The number of rotatable bonds is 3. The van der Waals surface area contributed by atoms with Crippen LogP contribution in [0, 0.1) is 13.8 Å². The lowest BCUT2D eigenvalue weighted by atomic mass is 10.2. The largest absolute Gasteiger partial charge is 0.361 e. The monoisotopic (exact) mass is 355 g/mol. The molecular weight excluding hydrogens is 334 g/mol. The lowest BCUT2D eigenvalue weighted by molar-refractivity contribution is 0.347. The van der Waals surface area contributed by atoms with Gasteiger partial charge in [-0.3, -0.25) is 0 Å². The maximum Gasteiger partial charge on any atom is 0.252 e. The molecule has 1 fully saturated rings. The Morgan fingerprint density at radius 1 is 1.17 bits per heavy atom. The maximum absolute atomic E-state index is 12.9. The molecule has 1 aliphatic heterocycles. The molecule has 2 aromatic heterocycles. The number of hydrogen-bond acceptors (Lipinski definition) is 6. The first kappa shape index (κ1) is 16.6. The van der Waals surface area contributed by atoms with Gasteiger partial charge >= 0.3 is 0 Å². The summed E-state index contributed by atoms with van der Waals surface area (Å²) in [7, 11) is -1.41. The zero-order chi connectivity index (χ0) is 16.6. The van der Waals surface area contributed by atoms with Crippen LogP contribution in [0.3, 0.4) is 0 Å². The standard InChI is InChI=1S/C15H21N3O3S2/c1-11-15(12(2)21-16-11)13-5-6-14(22-13)23(19,20)18-8-4-7-17(3)9-10-18/h5-6H,4,7-10H2,1-3H3. The summed E-state index contributed by atoms with van der Waals surface area (Å²) in [4.78, 5) is 3.05. The van der Waals surface area contributed by atoms with E-state index in [0.29, 0.717) is 23.1 Å². The second-order valence-corrected chi connectivity index (χ2v) is 9.13. The van der Waals surface area contributed by atoms with Crippen molar-refractivity contribution in [1.82, 2.24) is 14.4 Å². The van der Waals surface area contributed by atoms with Crippen LogP contribution in [0.4, 0.5) is 0 Å². The molecule has 0 atom stereocenters. The van der Waals surface area contributed by atoms with Gasteiger partial charge in [0.1, 0.15) is 9.97 Å². The lowest BCUT2D eigenvalue weighted by Crippen LogP contribution is -2.34. The van der Waals surface area contributed by atoms with Crippen molar-refractivity contribution in [3.63, 3.8) is 0 Å². The van der Waals surface area contributed by atoms with Crippen molar-refractivity contribution in [2.75, 3.05) is 33.2 Å². The number of likely N-dealkylation sites (N-methyl/N-ethyl adjacent to an activating group) is 1. The molecule has 3 rings (SSSR count). The van der Waals surface area contributed by atoms with E-state index < -0.39 is 10.0 Å². The SMILES string of the molecule is Cc1noc(C)c1-c1ccc(S(=O)(=O)N2CCCN(C)CC2)s1. The minimum absolute atomic E-state index is 0.386. The molecule has 0 aliphatic carbocycles. The Morgan fingerprint density at radius 2 is 1.96 bits per heavy atom. The number of thiophene rings is 1. The van der Waals surface area contributed by atoms with Crippen LogP contribution in [0.1, 0.15) is 17.9 Å². The van der Waals surface area contributed by atoms with Gasteiger partial charge in [-0.25, -0.2) is 8.42 Å². The highest BCUT2D eigenvalue weighted by Crippen LogP contribution is 2.35. The predicted octanol–water partition coefficient (Wildman–Crippen LogP) is 2.35. The molecule has 1 aliphatic rings. The van der Waals surface area contributed by atoms with Crippen LogP contribution in [-0.2, 0) is 10.0 Å². The van der Waals surface area contributed by atoms with Gasteiger partial charge in [0.25, 0.3) is 10.0 Å². The average Bonchev–Trinajstić information content (AvgIpc) is 3.02. The van der Waals surface area contributed by atoms with Crippen molar-refractivity contribution in [2.45, 2.75) is 24.5 Å². The summed E-state index contributed by atoms with van der Waals surface area (Å²) in [6.45, 7) is 6.52. The molecule has 0 bridgehead atoms. The van der Waals surface area contributed by atoms with E-state index in [1.54, 1.807) is 10.4 Å². The Bertz CT molecular complexity index is 775. The van der Waals surface area contributed by atoms with Gasteiger partial charge in [-0.2, -0.15) is 4.31 Å². The van der Waals surface area contributed by atoms with E-state index in [0.717, 1.165) is 35.6 Å². The van der Waals surface area contributed by atoms with Gasteiger partial charge in [0.05, 0.1) is 11.3 Å². The van der Waals surface area contributed by atoms with Crippen LogP contribution in [0.25, 0.3) is 10.4 Å². The molecule has 0 radical (unpaired) electrons. The van der Waals surface area contributed by atoms with E-state index in [9.17, 15) is 8.42 Å². The Hall–Kier alpha value is -1.22. The molecule has 0 spiro atoms. The molecular formula is C15H21N3O3S2. The topological polar surface area (TPSA) is 66.7 Å². The van der Waals surface area contributed by atoms with Crippen molar-refractivity contribution in [2.24, 2.45) is 0 Å². The molecule has 0 unspecified atom stereocenters. The number of sulfonamides is 1. The molecule has 0 amide bonds. The van der Waals surface area contributed by atoms with Gasteiger partial charge in [-0.05, 0) is 46.0 Å². The minimum Gasteiger partial charge on any atom is -0.361 e. The van der Waals surface area contributed by atoms with Gasteiger partial charge in [0.2, 0.25) is 0 Å². The first-order valence-electron chi connectivity index (χ1n) is 7.61. The number of aromatic nitrogens is 1. The predicted molar refractivity (Wildman–Crippen MR) is 90.2 cm³/mol. The molecule has 0 N–H and O–H groups in total. The highest BCUT2D eigenvalue weighted by Gasteiger charge is 2.28. The fourth-order valence-corrected chi connectivity index (χ4v) is 5.89. The molecule has 3 heterocycles. The molecule has 0 saturated carbocycles. The fourth-order valence-electron chi connectivity index (χ4n) is 2.82. The summed E-state index contributed by atoms with van der Waals surface area (Å²) >= 11 is 1.28. The van der Waals surface area contributed by atoms with Crippen molar-refractivity contribution < 1.29 is 12.9 Å². The number of hydrogen-bond donors (Lipinski definition) is 0. The summed E-state index contributed by atoms with van der Waals surface area (Å²) in [5.41, 5.74) is 1.68. The Morgan fingerprint density at radius 3 is 2.65 bits per heavy atom. The van der Waals surface area contributed by atoms with Crippen LogP contribution in [0.15, 0.2) is 20.9 Å². The third-order valence-corrected chi connectivity index (χ3v) is 7.60. The molecule has 8 heteroatoms. The summed E-state index contributed by atoms with van der Waals surface area (Å²) in [6, 6.07) is 3.53. The second kappa shape index (κ2) is 6.35. The van der Waals surface area contributed by atoms with E-state index in [1.165, 1.54) is 11.3 Å². The molecule has 23 heavy (non-hydrogen) atoms. The summed E-state index contributed by atoms with van der Waals surface area (Å²) in [5, 5.41) is 3.94. The Kier molecular flexibility index (Phi) is 4.59.